The van der Waals surface area contributed by atoms with Crippen molar-refractivity contribution in [3.63, 3.8) is 0 Å². The Morgan fingerprint density at radius 1 is 1.22 bits per heavy atom. The molecule has 1 aromatic carbocycles. The summed E-state index contributed by atoms with van der Waals surface area (Å²) in [6, 6.07) is 9.61. The van der Waals surface area contributed by atoms with Crippen LogP contribution in [-0.4, -0.2) is 26.6 Å². The van der Waals surface area contributed by atoms with Crippen molar-refractivity contribution in [2.45, 2.75) is 26.1 Å². The minimum absolute atomic E-state index is 0.00615. The molecule has 140 valence electrons. The number of hydrogen-bond acceptors (Lipinski definition) is 5. The Morgan fingerprint density at radius 2 is 1.93 bits per heavy atom. The third kappa shape index (κ3) is 4.86. The van der Waals surface area contributed by atoms with Gasteiger partial charge in [0.15, 0.2) is 6.10 Å². The van der Waals surface area contributed by atoms with Gasteiger partial charge in [0.25, 0.3) is 5.56 Å². The Bertz CT molecular complexity index is 1040. The molecule has 2 heterocycles. The van der Waals surface area contributed by atoms with Crippen LogP contribution in [0.1, 0.15) is 16.8 Å². The van der Waals surface area contributed by atoms with Crippen molar-refractivity contribution in [2.24, 2.45) is 0 Å². The van der Waals surface area contributed by atoms with Crippen LogP contribution >= 0.6 is 23.2 Å². The van der Waals surface area contributed by atoms with Crippen LogP contribution in [0, 0.1) is 6.92 Å². The normalized spacial score (nSPS) is 12.1. The first kappa shape index (κ1) is 19.4. The van der Waals surface area contributed by atoms with Gasteiger partial charge in [-0.3, -0.25) is 9.20 Å². The molecule has 0 amide bonds. The molecule has 6 nitrogen and oxygen atoms in total. The number of nitrogens with zero attached hydrogens (tertiary/aromatic N) is 2. The van der Waals surface area contributed by atoms with Gasteiger partial charge in [0, 0.05) is 28.7 Å². The van der Waals surface area contributed by atoms with Crippen molar-refractivity contribution >= 4 is 34.8 Å². The van der Waals surface area contributed by atoms with Crippen LogP contribution < -0.4 is 5.56 Å². The summed E-state index contributed by atoms with van der Waals surface area (Å²) in [4.78, 5) is 28.5. The number of aliphatic hydroxyl groups excluding tert-OH is 1. The van der Waals surface area contributed by atoms with Crippen molar-refractivity contribution in [1.82, 2.24) is 9.38 Å². The van der Waals surface area contributed by atoms with Crippen LogP contribution in [0.5, 0.6) is 0 Å². The second kappa shape index (κ2) is 8.08. The SMILES string of the molecule is Cc1ccc2nc(COC(=O)C(O)Cc3cc(Cl)cc(Cl)c3)cc(=O)n2c1. The van der Waals surface area contributed by atoms with Gasteiger partial charge in [0.2, 0.25) is 0 Å². The summed E-state index contributed by atoms with van der Waals surface area (Å²) in [6.45, 7) is 1.65. The van der Waals surface area contributed by atoms with E-state index >= 15 is 0 Å². The molecule has 0 saturated heterocycles. The van der Waals surface area contributed by atoms with Crippen molar-refractivity contribution in [1.29, 1.82) is 0 Å². The number of benzene rings is 1. The Morgan fingerprint density at radius 3 is 2.63 bits per heavy atom. The molecule has 0 saturated carbocycles. The molecular formula is C19H16Cl2N2O4. The van der Waals surface area contributed by atoms with Crippen molar-refractivity contribution < 1.29 is 14.6 Å². The van der Waals surface area contributed by atoms with Crippen molar-refractivity contribution in [3.8, 4) is 0 Å². The number of halogens is 2. The number of carbonyl (C=O) groups excluding carboxylic acids is 1. The highest BCUT2D eigenvalue weighted by molar-refractivity contribution is 6.34. The number of aliphatic hydroxyl groups is 1. The van der Waals surface area contributed by atoms with E-state index in [0.29, 0.717) is 26.9 Å². The van der Waals surface area contributed by atoms with Gasteiger partial charge < -0.3 is 9.84 Å². The van der Waals surface area contributed by atoms with Crippen LogP contribution in [0.3, 0.4) is 0 Å². The lowest BCUT2D eigenvalue weighted by Gasteiger charge is -2.11. The zero-order chi connectivity index (χ0) is 19.6. The summed E-state index contributed by atoms with van der Waals surface area (Å²) >= 11 is 11.8. The highest BCUT2D eigenvalue weighted by Crippen LogP contribution is 2.20. The highest BCUT2D eigenvalue weighted by Gasteiger charge is 2.18. The van der Waals surface area contributed by atoms with E-state index in [1.54, 1.807) is 30.5 Å². The lowest BCUT2D eigenvalue weighted by Crippen LogP contribution is -2.26. The Hall–Kier alpha value is -2.41. The molecule has 1 N–H and O–H groups in total. The zero-order valence-corrected chi connectivity index (χ0v) is 15.9. The largest absolute Gasteiger partial charge is 0.457 e. The fourth-order valence-electron chi connectivity index (χ4n) is 2.61. The molecule has 2 aromatic heterocycles. The van der Waals surface area contributed by atoms with Crippen molar-refractivity contribution in [3.05, 3.63) is 79.8 Å². The molecule has 0 aliphatic rings. The Labute approximate surface area is 164 Å². The fraction of sp³-hybridized carbons (Fsp3) is 0.211. The molecule has 0 radical (unpaired) electrons. The standard InChI is InChI=1S/C19H16Cl2N2O4/c1-11-2-3-17-22-15(8-18(25)23(17)9-11)10-27-19(26)16(24)6-12-4-13(20)7-14(21)5-12/h2-5,7-9,16,24H,6,10H2,1H3. The van der Waals surface area contributed by atoms with Gasteiger partial charge in [-0.25, -0.2) is 9.78 Å². The maximum atomic E-state index is 12.1. The average molecular weight is 407 g/mol. The third-order valence-electron chi connectivity index (χ3n) is 3.85. The van der Waals surface area contributed by atoms with E-state index in [4.69, 9.17) is 27.9 Å². The molecule has 27 heavy (non-hydrogen) atoms. The molecule has 1 unspecified atom stereocenters. The smallest absolute Gasteiger partial charge is 0.335 e. The summed E-state index contributed by atoms with van der Waals surface area (Å²) in [5.41, 5.74) is 2.01. The first-order valence-corrected chi connectivity index (χ1v) is 8.86. The van der Waals surface area contributed by atoms with Crippen LogP contribution in [-0.2, 0) is 22.6 Å². The summed E-state index contributed by atoms with van der Waals surface area (Å²) < 4.78 is 6.50. The van der Waals surface area contributed by atoms with E-state index in [1.165, 1.54) is 10.5 Å². The highest BCUT2D eigenvalue weighted by atomic mass is 35.5. The number of hydrogen-bond donors (Lipinski definition) is 1. The quantitative estimate of drug-likeness (QED) is 0.658. The fourth-order valence-corrected chi connectivity index (χ4v) is 3.18. The first-order valence-electron chi connectivity index (χ1n) is 8.10. The minimum atomic E-state index is -1.39. The Kier molecular flexibility index (Phi) is 5.79. The maximum Gasteiger partial charge on any atom is 0.335 e. The lowest BCUT2D eigenvalue weighted by atomic mass is 10.1. The number of ether oxygens (including phenoxy) is 1. The number of esters is 1. The van der Waals surface area contributed by atoms with E-state index in [0.717, 1.165) is 5.56 Å². The molecular weight excluding hydrogens is 391 g/mol. The lowest BCUT2D eigenvalue weighted by molar-refractivity contribution is -0.154. The molecule has 0 bridgehead atoms. The number of aromatic nitrogens is 2. The maximum absolute atomic E-state index is 12.1. The minimum Gasteiger partial charge on any atom is -0.457 e. The van der Waals surface area contributed by atoms with E-state index in [1.807, 2.05) is 13.0 Å². The summed E-state index contributed by atoms with van der Waals surface area (Å²) in [5, 5.41) is 10.9. The first-order chi connectivity index (χ1) is 12.8. The second-order valence-electron chi connectivity index (χ2n) is 6.13. The van der Waals surface area contributed by atoms with Gasteiger partial charge in [-0.15, -0.1) is 0 Å². The van der Waals surface area contributed by atoms with E-state index in [2.05, 4.69) is 4.98 Å². The van der Waals surface area contributed by atoms with Gasteiger partial charge >= 0.3 is 5.97 Å². The summed E-state index contributed by atoms with van der Waals surface area (Å²) in [6.07, 6.45) is 0.302. The average Bonchev–Trinajstić information content (AvgIpc) is 2.59. The molecule has 1 atom stereocenters. The topological polar surface area (TPSA) is 80.9 Å². The van der Waals surface area contributed by atoms with Gasteiger partial charge in [-0.2, -0.15) is 0 Å². The van der Waals surface area contributed by atoms with Gasteiger partial charge in [0.05, 0.1) is 5.69 Å². The number of carbonyl (C=O) groups is 1. The van der Waals surface area contributed by atoms with E-state index in [9.17, 15) is 14.7 Å². The number of fused-ring (bicyclic) bond motifs is 1. The number of pyridine rings is 1. The van der Waals surface area contributed by atoms with Gasteiger partial charge in [0.1, 0.15) is 12.3 Å². The van der Waals surface area contributed by atoms with E-state index in [-0.39, 0.29) is 18.6 Å². The molecule has 8 heteroatoms. The second-order valence-corrected chi connectivity index (χ2v) is 7.00. The monoisotopic (exact) mass is 406 g/mol. The zero-order valence-electron chi connectivity index (χ0n) is 14.4. The van der Waals surface area contributed by atoms with Crippen LogP contribution in [0.15, 0.2) is 47.4 Å². The van der Waals surface area contributed by atoms with E-state index < -0.39 is 12.1 Å². The van der Waals surface area contributed by atoms with Gasteiger partial charge in [-0.1, -0.05) is 29.3 Å². The molecule has 0 fully saturated rings. The molecule has 3 rings (SSSR count). The predicted octanol–water partition coefficient (Wildman–Crippen LogP) is 2.96. The third-order valence-corrected chi connectivity index (χ3v) is 4.28. The summed E-state index contributed by atoms with van der Waals surface area (Å²) in [7, 11) is 0. The molecule has 3 aromatic rings. The summed E-state index contributed by atoms with van der Waals surface area (Å²) in [5.74, 6) is -0.822. The van der Waals surface area contributed by atoms with Gasteiger partial charge in [-0.05, 0) is 42.3 Å². The van der Waals surface area contributed by atoms with Crippen LogP contribution in [0.2, 0.25) is 10.0 Å². The van der Waals surface area contributed by atoms with Crippen LogP contribution in [0.4, 0.5) is 0 Å². The molecule has 0 spiro atoms. The number of rotatable bonds is 5. The Balaban J connectivity index is 1.67. The number of aryl methyl sites for hydroxylation is 1. The predicted molar refractivity (Wildman–Crippen MR) is 102 cm³/mol. The molecule has 0 aliphatic carbocycles. The molecule has 0 aliphatic heterocycles. The van der Waals surface area contributed by atoms with Crippen molar-refractivity contribution in [2.75, 3.05) is 0 Å². The van der Waals surface area contributed by atoms with Crippen LogP contribution in [0.25, 0.3) is 5.65 Å².